The van der Waals surface area contributed by atoms with Crippen molar-refractivity contribution in [2.45, 2.75) is 25.9 Å². The maximum Gasteiger partial charge on any atom is 0.233 e. The molecule has 5 heteroatoms. The van der Waals surface area contributed by atoms with Crippen molar-refractivity contribution in [3.8, 4) is 22.9 Å². The normalized spacial score (nSPS) is 14.1. The molecule has 1 aliphatic rings. The lowest BCUT2D eigenvalue weighted by Crippen LogP contribution is -2.21. The lowest BCUT2D eigenvalue weighted by molar-refractivity contribution is 0.263. The molecule has 0 unspecified atom stereocenters. The molecule has 0 saturated carbocycles. The zero-order chi connectivity index (χ0) is 19.7. The molecule has 0 spiro atoms. The van der Waals surface area contributed by atoms with E-state index in [0.717, 1.165) is 42.1 Å². The molecule has 1 fully saturated rings. The van der Waals surface area contributed by atoms with Crippen LogP contribution in [0.2, 0.25) is 0 Å². The Morgan fingerprint density at radius 3 is 2.31 bits per heavy atom. The van der Waals surface area contributed by atoms with E-state index in [1.54, 1.807) is 0 Å². The number of nitrogens with zero attached hydrogens (tertiary/aromatic N) is 3. The van der Waals surface area contributed by atoms with Crippen molar-refractivity contribution in [1.29, 1.82) is 0 Å². The van der Waals surface area contributed by atoms with E-state index in [-0.39, 0.29) is 0 Å². The summed E-state index contributed by atoms with van der Waals surface area (Å²) in [6.07, 6.45) is 3.74. The first kappa shape index (κ1) is 19.4. The Kier molecular flexibility index (Phi) is 6.71. The number of ether oxygens (including phenoxy) is 2. The van der Waals surface area contributed by atoms with Gasteiger partial charge in [0, 0.05) is 18.2 Å². The molecule has 0 bridgehead atoms. The van der Waals surface area contributed by atoms with Crippen LogP contribution >= 0.6 is 0 Å². The molecule has 1 aliphatic heterocycles. The first-order chi connectivity index (χ1) is 14.4. The van der Waals surface area contributed by atoms with Gasteiger partial charge in [0.15, 0.2) is 0 Å². The molecule has 0 radical (unpaired) electrons. The van der Waals surface area contributed by atoms with Crippen LogP contribution in [0.4, 0.5) is 0 Å². The molecule has 4 rings (SSSR count). The molecule has 1 saturated heterocycles. The maximum atomic E-state index is 5.87. The van der Waals surface area contributed by atoms with E-state index in [9.17, 15) is 0 Å². The smallest absolute Gasteiger partial charge is 0.233 e. The molecule has 150 valence electrons. The van der Waals surface area contributed by atoms with E-state index in [1.165, 1.54) is 25.9 Å². The molecule has 2 aromatic carbocycles. The zero-order valence-electron chi connectivity index (χ0n) is 16.7. The van der Waals surface area contributed by atoms with Crippen LogP contribution in [0.3, 0.4) is 0 Å². The third kappa shape index (κ3) is 5.78. The lowest BCUT2D eigenvalue weighted by atomic mass is 10.1. The van der Waals surface area contributed by atoms with Crippen LogP contribution in [0.5, 0.6) is 11.6 Å². The summed E-state index contributed by atoms with van der Waals surface area (Å²) in [7, 11) is 0. The van der Waals surface area contributed by atoms with Crippen molar-refractivity contribution in [3.63, 3.8) is 0 Å². The highest BCUT2D eigenvalue weighted by atomic mass is 16.5. The van der Waals surface area contributed by atoms with E-state index >= 15 is 0 Å². The molecular formula is C24H27N3O2. The maximum absolute atomic E-state index is 5.87. The standard InChI is InChI=1S/C24H27N3O2/c1-2-7-20(8-3-1)19-29-24-14-13-23(25-26-24)21-9-11-22(12-10-21)28-18-6-17-27-15-4-5-16-27/h1-3,7-14H,4-6,15-19H2. The summed E-state index contributed by atoms with van der Waals surface area (Å²) in [4.78, 5) is 2.51. The van der Waals surface area contributed by atoms with Gasteiger partial charge in [-0.05, 0) is 68.2 Å². The van der Waals surface area contributed by atoms with Gasteiger partial charge in [0.25, 0.3) is 0 Å². The number of hydrogen-bond acceptors (Lipinski definition) is 5. The lowest BCUT2D eigenvalue weighted by Gasteiger charge is -2.14. The Balaban J connectivity index is 1.24. The fourth-order valence-electron chi connectivity index (χ4n) is 3.49. The van der Waals surface area contributed by atoms with Gasteiger partial charge in [-0.2, -0.15) is 0 Å². The Bertz CT molecular complexity index is 861. The van der Waals surface area contributed by atoms with Gasteiger partial charge < -0.3 is 14.4 Å². The zero-order valence-corrected chi connectivity index (χ0v) is 16.7. The molecule has 1 aromatic heterocycles. The van der Waals surface area contributed by atoms with Crippen LogP contribution in [0.25, 0.3) is 11.3 Å². The van der Waals surface area contributed by atoms with Crippen LogP contribution in [0.1, 0.15) is 24.8 Å². The minimum atomic E-state index is 0.485. The summed E-state index contributed by atoms with van der Waals surface area (Å²) in [5, 5.41) is 8.47. The molecule has 2 heterocycles. The fourth-order valence-corrected chi connectivity index (χ4v) is 3.49. The highest BCUT2D eigenvalue weighted by molar-refractivity contribution is 5.59. The molecule has 29 heavy (non-hydrogen) atoms. The molecule has 0 atom stereocenters. The summed E-state index contributed by atoms with van der Waals surface area (Å²) >= 11 is 0. The van der Waals surface area contributed by atoms with Crippen LogP contribution in [0.15, 0.2) is 66.7 Å². The first-order valence-electron chi connectivity index (χ1n) is 10.3. The van der Waals surface area contributed by atoms with Crippen LogP contribution in [0, 0.1) is 0 Å². The number of benzene rings is 2. The van der Waals surface area contributed by atoms with Crippen molar-refractivity contribution in [2.24, 2.45) is 0 Å². The minimum Gasteiger partial charge on any atom is -0.494 e. The van der Waals surface area contributed by atoms with Crippen LogP contribution in [-0.4, -0.2) is 41.3 Å². The average molecular weight is 389 g/mol. The van der Waals surface area contributed by atoms with Crippen LogP contribution in [-0.2, 0) is 6.61 Å². The molecular weight excluding hydrogens is 362 g/mol. The molecule has 5 nitrogen and oxygen atoms in total. The van der Waals surface area contributed by atoms with Gasteiger partial charge in [-0.3, -0.25) is 0 Å². The predicted octanol–water partition coefficient (Wildman–Crippen LogP) is 4.59. The second-order valence-electron chi connectivity index (χ2n) is 7.31. The topological polar surface area (TPSA) is 47.5 Å². The summed E-state index contributed by atoms with van der Waals surface area (Å²) < 4.78 is 11.6. The third-order valence-electron chi connectivity index (χ3n) is 5.11. The van der Waals surface area contributed by atoms with Gasteiger partial charge in [0.2, 0.25) is 5.88 Å². The van der Waals surface area contributed by atoms with E-state index in [4.69, 9.17) is 9.47 Å². The van der Waals surface area contributed by atoms with E-state index in [1.807, 2.05) is 66.7 Å². The summed E-state index contributed by atoms with van der Waals surface area (Å²) in [6.45, 7) is 4.85. The number of rotatable bonds is 9. The molecule has 0 aliphatic carbocycles. The van der Waals surface area contributed by atoms with Gasteiger partial charge in [-0.15, -0.1) is 10.2 Å². The second-order valence-corrected chi connectivity index (χ2v) is 7.31. The Labute approximate surface area is 172 Å². The van der Waals surface area contributed by atoms with Crippen molar-refractivity contribution in [3.05, 3.63) is 72.3 Å². The highest BCUT2D eigenvalue weighted by Crippen LogP contribution is 2.21. The number of aromatic nitrogens is 2. The third-order valence-corrected chi connectivity index (χ3v) is 5.11. The van der Waals surface area contributed by atoms with Gasteiger partial charge >= 0.3 is 0 Å². The molecule has 0 amide bonds. The van der Waals surface area contributed by atoms with E-state index < -0.39 is 0 Å². The monoisotopic (exact) mass is 389 g/mol. The van der Waals surface area contributed by atoms with E-state index in [0.29, 0.717) is 12.5 Å². The van der Waals surface area contributed by atoms with Gasteiger partial charge in [-0.25, -0.2) is 0 Å². The van der Waals surface area contributed by atoms with E-state index in [2.05, 4.69) is 15.1 Å². The van der Waals surface area contributed by atoms with Crippen molar-refractivity contribution in [1.82, 2.24) is 15.1 Å². The summed E-state index contributed by atoms with van der Waals surface area (Å²) in [6, 6.07) is 21.8. The van der Waals surface area contributed by atoms with Gasteiger partial charge in [0.1, 0.15) is 12.4 Å². The Morgan fingerprint density at radius 2 is 1.59 bits per heavy atom. The van der Waals surface area contributed by atoms with Gasteiger partial charge in [-0.1, -0.05) is 30.3 Å². The fraction of sp³-hybridized carbons (Fsp3) is 0.333. The SMILES string of the molecule is c1ccc(COc2ccc(-c3ccc(OCCCN4CCCC4)cc3)nn2)cc1. The average Bonchev–Trinajstić information content (AvgIpc) is 3.31. The quantitative estimate of drug-likeness (QED) is 0.501. The molecule has 0 N–H and O–H groups in total. The van der Waals surface area contributed by atoms with Crippen LogP contribution < -0.4 is 9.47 Å². The second kappa shape index (κ2) is 10.0. The van der Waals surface area contributed by atoms with Crippen molar-refractivity contribution >= 4 is 0 Å². The number of hydrogen-bond donors (Lipinski definition) is 0. The highest BCUT2D eigenvalue weighted by Gasteiger charge is 2.10. The van der Waals surface area contributed by atoms with Gasteiger partial charge in [0.05, 0.1) is 12.3 Å². The molecule has 3 aromatic rings. The Hall–Kier alpha value is -2.92. The minimum absolute atomic E-state index is 0.485. The largest absolute Gasteiger partial charge is 0.494 e. The summed E-state index contributed by atoms with van der Waals surface area (Å²) in [5.41, 5.74) is 2.93. The predicted molar refractivity (Wildman–Crippen MR) is 114 cm³/mol. The summed E-state index contributed by atoms with van der Waals surface area (Å²) in [5.74, 6) is 1.42. The van der Waals surface area contributed by atoms with Crippen molar-refractivity contribution in [2.75, 3.05) is 26.2 Å². The number of likely N-dealkylation sites (tertiary alicyclic amines) is 1. The Morgan fingerprint density at radius 1 is 0.793 bits per heavy atom. The van der Waals surface area contributed by atoms with Crippen molar-refractivity contribution < 1.29 is 9.47 Å². The first-order valence-corrected chi connectivity index (χ1v) is 10.3.